The van der Waals surface area contributed by atoms with E-state index in [1.54, 1.807) is 0 Å². The molecule has 0 aromatic heterocycles. The molecule has 1 fully saturated rings. The Kier molecular flexibility index (Phi) is 16.4. The van der Waals surface area contributed by atoms with Gasteiger partial charge in [0, 0.05) is 32.5 Å². The zero-order valence-corrected chi connectivity index (χ0v) is 26.5. The molecule has 42 heavy (non-hydrogen) atoms. The topological polar surface area (TPSA) is 87.7 Å². The van der Waals surface area contributed by atoms with Gasteiger partial charge in [-0.25, -0.2) is 0 Å². The Labute approximate surface area is 253 Å². The molecule has 2 aliphatic heterocycles. The van der Waals surface area contributed by atoms with Gasteiger partial charge in [-0.3, -0.25) is 14.4 Å². The van der Waals surface area contributed by atoms with E-state index in [1.165, 1.54) is 12.8 Å². The third-order valence-electron chi connectivity index (χ3n) is 7.72. The van der Waals surface area contributed by atoms with E-state index in [0.717, 1.165) is 48.2 Å². The van der Waals surface area contributed by atoms with Crippen LogP contribution in [0.3, 0.4) is 0 Å². The third-order valence-corrected chi connectivity index (χ3v) is 7.72. The van der Waals surface area contributed by atoms with Gasteiger partial charge >= 0.3 is 0 Å². The van der Waals surface area contributed by atoms with Gasteiger partial charge in [0.15, 0.2) is 0 Å². The molecule has 2 aromatic carbocycles. The van der Waals surface area contributed by atoms with E-state index >= 15 is 0 Å². The van der Waals surface area contributed by atoms with Crippen LogP contribution in [0.15, 0.2) is 48.5 Å². The Morgan fingerprint density at radius 2 is 1.69 bits per heavy atom. The van der Waals surface area contributed by atoms with Gasteiger partial charge < -0.3 is 20.3 Å². The van der Waals surface area contributed by atoms with Crippen molar-refractivity contribution >= 4 is 17.7 Å². The van der Waals surface area contributed by atoms with E-state index in [1.807, 2.05) is 74.2 Å². The maximum Gasteiger partial charge on any atom is 0.242 e. The Bertz CT molecular complexity index is 1090. The highest BCUT2D eigenvalue weighted by molar-refractivity contribution is 5.89. The van der Waals surface area contributed by atoms with Gasteiger partial charge in [-0.15, -0.1) is 0 Å². The predicted octanol–water partition coefficient (Wildman–Crippen LogP) is 6.36. The van der Waals surface area contributed by atoms with Crippen molar-refractivity contribution in [1.29, 1.82) is 0 Å². The third kappa shape index (κ3) is 12.3. The molecule has 2 atom stereocenters. The highest BCUT2D eigenvalue weighted by Crippen LogP contribution is 2.23. The van der Waals surface area contributed by atoms with Gasteiger partial charge in [0.05, 0.1) is 6.61 Å². The molecule has 0 saturated carbocycles. The second kappa shape index (κ2) is 19.7. The van der Waals surface area contributed by atoms with Crippen LogP contribution in [-0.2, 0) is 27.3 Å². The number of unbranched alkanes of at least 4 members (excludes halogenated alkanes) is 1. The van der Waals surface area contributed by atoms with Crippen molar-refractivity contribution in [2.24, 2.45) is 5.92 Å². The normalized spacial score (nSPS) is 19.7. The average Bonchev–Trinajstić information content (AvgIpc) is 3.03. The zero-order chi connectivity index (χ0) is 30.7. The fraction of sp³-hybridized carbons (Fsp3) is 0.571. The number of hydrogen-bond acceptors (Lipinski definition) is 4. The lowest BCUT2D eigenvalue weighted by Crippen LogP contribution is -2.47. The quantitative estimate of drug-likeness (QED) is 0.441. The number of nitrogens with one attached hydrogen (secondary N) is 2. The SMILES string of the molecule is CC.CCCC.Cc1ccc2cc1CNC(=O)[C@H](CCc1ccccc1)NC(=O)CCC(=O)N1CCCC(CCO2)C1. The van der Waals surface area contributed by atoms with Crippen molar-refractivity contribution in [3.8, 4) is 5.75 Å². The minimum absolute atomic E-state index is 0.00495. The van der Waals surface area contributed by atoms with Crippen LogP contribution in [0.4, 0.5) is 0 Å². The summed E-state index contributed by atoms with van der Waals surface area (Å²) in [5, 5.41) is 5.89. The Morgan fingerprint density at radius 1 is 0.952 bits per heavy atom. The van der Waals surface area contributed by atoms with Gasteiger partial charge in [0.25, 0.3) is 0 Å². The van der Waals surface area contributed by atoms with Gasteiger partial charge in [-0.1, -0.05) is 76.9 Å². The van der Waals surface area contributed by atoms with Crippen LogP contribution >= 0.6 is 0 Å². The monoisotopic (exact) mass is 579 g/mol. The first-order chi connectivity index (χ1) is 20.4. The molecule has 2 aromatic rings. The van der Waals surface area contributed by atoms with E-state index in [-0.39, 0.29) is 30.6 Å². The number of ether oxygens (including phenoxy) is 1. The Balaban J connectivity index is 0.000000947. The van der Waals surface area contributed by atoms with E-state index in [0.29, 0.717) is 38.5 Å². The summed E-state index contributed by atoms with van der Waals surface area (Å²) in [7, 11) is 0. The smallest absolute Gasteiger partial charge is 0.242 e. The lowest BCUT2D eigenvalue weighted by atomic mass is 9.95. The Morgan fingerprint density at radius 3 is 2.40 bits per heavy atom. The first-order valence-corrected chi connectivity index (χ1v) is 16.0. The number of carbonyl (C=O) groups is 3. The van der Waals surface area contributed by atoms with Crippen molar-refractivity contribution in [2.75, 3.05) is 19.7 Å². The molecular weight excluding hydrogens is 526 g/mol. The molecule has 0 spiro atoms. The standard InChI is InChI=1S/C29H37N3O4.C4H10.C2H6/c1-21-9-11-25-18-24(21)19-30-29(35)26(12-10-22-6-3-2-4-7-22)31-27(33)13-14-28(34)32-16-5-8-23(20-32)15-17-36-25;1-3-4-2;1-2/h2-4,6-7,9,11,18,23,26H,5,8,10,12-17,19-20H2,1H3,(H,30,35)(H,31,33);3-4H2,1-2H3;1-2H3/t23?,26-;;/m0../s1. The molecule has 0 radical (unpaired) electrons. The van der Waals surface area contributed by atoms with Crippen molar-refractivity contribution in [2.45, 2.75) is 105 Å². The van der Waals surface area contributed by atoms with Crippen molar-refractivity contribution in [1.82, 2.24) is 15.5 Å². The predicted molar refractivity (Wildman–Crippen MR) is 170 cm³/mol. The van der Waals surface area contributed by atoms with E-state index in [4.69, 9.17) is 4.74 Å². The molecule has 7 nitrogen and oxygen atoms in total. The fourth-order valence-corrected chi connectivity index (χ4v) is 4.97. The first-order valence-electron chi connectivity index (χ1n) is 16.0. The lowest BCUT2D eigenvalue weighted by Gasteiger charge is -2.33. The number of carbonyl (C=O) groups excluding carboxylic acids is 3. The molecule has 1 saturated heterocycles. The number of hydrogen-bond donors (Lipinski definition) is 2. The number of nitrogens with zero attached hydrogens (tertiary/aromatic N) is 1. The largest absolute Gasteiger partial charge is 0.494 e. The van der Waals surface area contributed by atoms with Crippen molar-refractivity contribution < 1.29 is 19.1 Å². The van der Waals surface area contributed by atoms with Crippen LogP contribution in [0, 0.1) is 12.8 Å². The van der Waals surface area contributed by atoms with Crippen LogP contribution < -0.4 is 15.4 Å². The average molecular weight is 580 g/mol. The molecule has 232 valence electrons. The van der Waals surface area contributed by atoms with Crippen LogP contribution in [0.2, 0.25) is 0 Å². The molecule has 7 heteroatoms. The summed E-state index contributed by atoms with van der Waals surface area (Å²) >= 11 is 0. The second-order valence-corrected chi connectivity index (χ2v) is 10.9. The van der Waals surface area contributed by atoms with Crippen molar-refractivity contribution in [3.05, 3.63) is 65.2 Å². The summed E-state index contributed by atoms with van der Waals surface area (Å²) in [6, 6.07) is 15.2. The molecule has 4 rings (SSSR count). The summed E-state index contributed by atoms with van der Waals surface area (Å²) in [5.41, 5.74) is 3.17. The molecule has 1 unspecified atom stereocenters. The highest BCUT2D eigenvalue weighted by Gasteiger charge is 2.25. The first kappa shape index (κ1) is 34.8. The molecule has 4 bridgehead atoms. The zero-order valence-electron chi connectivity index (χ0n) is 26.5. The van der Waals surface area contributed by atoms with Crippen molar-refractivity contribution in [3.63, 3.8) is 0 Å². The molecule has 2 N–H and O–H groups in total. The van der Waals surface area contributed by atoms with Crippen LogP contribution in [0.5, 0.6) is 5.75 Å². The summed E-state index contributed by atoms with van der Waals surface area (Å²) in [4.78, 5) is 40.6. The fourth-order valence-electron chi connectivity index (χ4n) is 4.97. The second-order valence-electron chi connectivity index (χ2n) is 10.9. The highest BCUT2D eigenvalue weighted by atomic mass is 16.5. The number of benzene rings is 2. The van der Waals surface area contributed by atoms with Gasteiger partial charge in [-0.2, -0.15) is 0 Å². The van der Waals surface area contributed by atoms with Gasteiger partial charge in [0.1, 0.15) is 11.8 Å². The van der Waals surface area contributed by atoms with E-state index in [2.05, 4.69) is 24.5 Å². The van der Waals surface area contributed by atoms with E-state index < -0.39 is 6.04 Å². The lowest BCUT2D eigenvalue weighted by molar-refractivity contribution is -0.135. The molecule has 0 aliphatic carbocycles. The maximum atomic E-state index is 13.2. The number of aryl methyl sites for hydroxylation is 2. The maximum absolute atomic E-state index is 13.2. The minimum atomic E-state index is -0.675. The molecule has 2 heterocycles. The summed E-state index contributed by atoms with van der Waals surface area (Å²) < 4.78 is 6.04. The number of rotatable bonds is 4. The summed E-state index contributed by atoms with van der Waals surface area (Å²) in [5.74, 6) is 0.699. The molecule has 3 amide bonds. The number of amides is 3. The van der Waals surface area contributed by atoms with Gasteiger partial charge in [-0.05, 0) is 73.8 Å². The number of fused-ring (bicyclic) bond motifs is 4. The van der Waals surface area contributed by atoms with Crippen LogP contribution in [0.25, 0.3) is 0 Å². The Hall–Kier alpha value is -3.35. The van der Waals surface area contributed by atoms with E-state index in [9.17, 15) is 14.4 Å². The minimum Gasteiger partial charge on any atom is -0.494 e. The van der Waals surface area contributed by atoms with Crippen LogP contribution in [-0.4, -0.2) is 48.4 Å². The summed E-state index contributed by atoms with van der Waals surface area (Å²) in [6.07, 6.45) is 6.96. The molecule has 2 aliphatic rings. The number of piperidine rings is 1. The van der Waals surface area contributed by atoms with Crippen LogP contribution in [0.1, 0.15) is 95.8 Å². The molecular formula is C35H53N3O4. The van der Waals surface area contributed by atoms with Gasteiger partial charge in [0.2, 0.25) is 17.7 Å². The summed E-state index contributed by atoms with van der Waals surface area (Å²) in [6.45, 7) is 12.8.